The van der Waals surface area contributed by atoms with Crippen molar-refractivity contribution >= 4 is 6.03 Å². The first kappa shape index (κ1) is 16.3. The summed E-state index contributed by atoms with van der Waals surface area (Å²) in [6, 6.07) is 12.2. The van der Waals surface area contributed by atoms with Crippen LogP contribution in [0.1, 0.15) is 30.2 Å². The zero-order chi connectivity index (χ0) is 16.9. The second-order valence-electron chi connectivity index (χ2n) is 5.97. The number of benzene rings is 1. The van der Waals surface area contributed by atoms with Crippen LogP contribution >= 0.6 is 0 Å². The third-order valence-electron chi connectivity index (χ3n) is 4.56. The minimum absolute atomic E-state index is 0.0518. The molecule has 1 aliphatic rings. The predicted molar refractivity (Wildman–Crippen MR) is 92.8 cm³/mol. The van der Waals surface area contributed by atoms with Crippen LogP contribution in [0.2, 0.25) is 0 Å². The third-order valence-corrected chi connectivity index (χ3v) is 4.56. The van der Waals surface area contributed by atoms with E-state index in [9.17, 15) is 4.79 Å². The molecule has 0 saturated carbocycles. The fraction of sp³-hybridized carbons (Fsp3) is 0.368. The number of nitrogens with one attached hydrogen (secondary N) is 1. The minimum atomic E-state index is -0.0518. The number of pyridine rings is 1. The molecule has 5 nitrogen and oxygen atoms in total. The van der Waals surface area contributed by atoms with E-state index in [-0.39, 0.29) is 12.1 Å². The summed E-state index contributed by atoms with van der Waals surface area (Å²) in [5.41, 5.74) is 3.31. The Morgan fingerprint density at radius 3 is 2.83 bits per heavy atom. The van der Waals surface area contributed by atoms with Crippen molar-refractivity contribution in [3.8, 4) is 5.75 Å². The average Bonchev–Trinajstić information content (AvgIpc) is 2.65. The maximum Gasteiger partial charge on any atom is 0.318 e. The number of carbonyl (C=O) groups excluding carboxylic acids is 1. The summed E-state index contributed by atoms with van der Waals surface area (Å²) in [5.74, 6) is 0.689. The van der Waals surface area contributed by atoms with Crippen molar-refractivity contribution in [2.75, 3.05) is 7.11 Å². The number of rotatable bonds is 4. The van der Waals surface area contributed by atoms with Gasteiger partial charge in [0.1, 0.15) is 11.4 Å². The quantitative estimate of drug-likeness (QED) is 0.939. The Balaban J connectivity index is 1.70. The fourth-order valence-corrected chi connectivity index (χ4v) is 3.19. The highest BCUT2D eigenvalue weighted by molar-refractivity contribution is 5.75. The van der Waals surface area contributed by atoms with Crippen molar-refractivity contribution in [1.82, 2.24) is 15.2 Å². The van der Waals surface area contributed by atoms with Crippen LogP contribution in [0.3, 0.4) is 0 Å². The molecule has 126 valence electrons. The number of ether oxygens (including phenoxy) is 1. The summed E-state index contributed by atoms with van der Waals surface area (Å²) in [5, 5.41) is 2.98. The molecule has 1 unspecified atom stereocenters. The molecule has 24 heavy (non-hydrogen) atoms. The molecule has 2 heterocycles. The number of aromatic nitrogens is 1. The number of hydrogen-bond acceptors (Lipinski definition) is 3. The number of carbonyl (C=O) groups is 1. The van der Waals surface area contributed by atoms with E-state index in [0.717, 1.165) is 18.5 Å². The Morgan fingerprint density at radius 2 is 2.08 bits per heavy atom. The highest BCUT2D eigenvalue weighted by Gasteiger charge is 2.28. The molecule has 0 radical (unpaired) electrons. The zero-order valence-corrected chi connectivity index (χ0v) is 14.2. The van der Waals surface area contributed by atoms with Crippen LogP contribution in [0.5, 0.6) is 5.75 Å². The number of fused-ring (bicyclic) bond motifs is 1. The van der Waals surface area contributed by atoms with Crippen molar-refractivity contribution in [2.45, 2.75) is 38.9 Å². The normalized spacial score (nSPS) is 16.4. The van der Waals surface area contributed by atoms with Gasteiger partial charge in [-0.05, 0) is 36.1 Å². The lowest BCUT2D eigenvalue weighted by atomic mass is 9.93. The molecular weight excluding hydrogens is 302 g/mol. The van der Waals surface area contributed by atoms with Gasteiger partial charge in [-0.1, -0.05) is 31.2 Å². The van der Waals surface area contributed by atoms with Crippen molar-refractivity contribution in [3.05, 3.63) is 59.4 Å². The van der Waals surface area contributed by atoms with E-state index < -0.39 is 0 Å². The van der Waals surface area contributed by atoms with Gasteiger partial charge >= 0.3 is 6.03 Å². The molecule has 0 fully saturated rings. The average molecular weight is 325 g/mol. The van der Waals surface area contributed by atoms with Gasteiger partial charge in [0.05, 0.1) is 13.7 Å². The van der Waals surface area contributed by atoms with Crippen LogP contribution in [0.25, 0.3) is 0 Å². The number of amides is 2. The monoisotopic (exact) mass is 325 g/mol. The molecule has 0 saturated heterocycles. The largest absolute Gasteiger partial charge is 0.495 e. The van der Waals surface area contributed by atoms with Gasteiger partial charge in [0.25, 0.3) is 0 Å². The molecule has 1 aliphatic heterocycles. The fourth-order valence-electron chi connectivity index (χ4n) is 3.19. The van der Waals surface area contributed by atoms with Crippen LogP contribution in [0.15, 0.2) is 42.6 Å². The number of hydrogen-bond donors (Lipinski definition) is 1. The second kappa shape index (κ2) is 7.34. The molecule has 1 atom stereocenters. The summed E-state index contributed by atoms with van der Waals surface area (Å²) in [6.45, 7) is 3.14. The minimum Gasteiger partial charge on any atom is -0.495 e. The van der Waals surface area contributed by atoms with E-state index in [4.69, 9.17) is 4.74 Å². The van der Waals surface area contributed by atoms with Crippen molar-refractivity contribution < 1.29 is 9.53 Å². The summed E-state index contributed by atoms with van der Waals surface area (Å²) in [6.07, 6.45) is 3.55. The van der Waals surface area contributed by atoms with E-state index in [1.807, 2.05) is 23.1 Å². The van der Waals surface area contributed by atoms with Gasteiger partial charge in [-0.2, -0.15) is 0 Å². The molecule has 0 bridgehead atoms. The van der Waals surface area contributed by atoms with E-state index in [1.54, 1.807) is 13.3 Å². The lowest BCUT2D eigenvalue weighted by Crippen LogP contribution is -2.48. The van der Waals surface area contributed by atoms with Crippen LogP contribution in [-0.4, -0.2) is 29.1 Å². The van der Waals surface area contributed by atoms with E-state index in [0.29, 0.717) is 18.8 Å². The smallest absolute Gasteiger partial charge is 0.318 e. The zero-order valence-electron chi connectivity index (χ0n) is 14.2. The first-order valence-corrected chi connectivity index (χ1v) is 8.32. The summed E-state index contributed by atoms with van der Waals surface area (Å²) in [4.78, 5) is 18.9. The van der Waals surface area contributed by atoms with Crippen LogP contribution in [0, 0.1) is 0 Å². The summed E-state index contributed by atoms with van der Waals surface area (Å²) >= 11 is 0. The SMILES string of the molecule is CCC1Cc2ccccc2CN1C(=O)NCc1ncccc1OC. The molecule has 1 aromatic carbocycles. The maximum absolute atomic E-state index is 12.7. The van der Waals surface area contributed by atoms with Gasteiger partial charge in [-0.15, -0.1) is 0 Å². The highest BCUT2D eigenvalue weighted by atomic mass is 16.5. The Hall–Kier alpha value is -2.56. The van der Waals surface area contributed by atoms with Gasteiger partial charge < -0.3 is 15.0 Å². The Labute approximate surface area is 142 Å². The van der Waals surface area contributed by atoms with Crippen LogP contribution in [-0.2, 0) is 19.5 Å². The van der Waals surface area contributed by atoms with Gasteiger partial charge in [-0.3, -0.25) is 4.98 Å². The molecule has 2 amide bonds. The maximum atomic E-state index is 12.7. The lowest BCUT2D eigenvalue weighted by molar-refractivity contribution is 0.160. The van der Waals surface area contributed by atoms with E-state index >= 15 is 0 Å². The molecule has 0 spiro atoms. The molecular formula is C19H23N3O2. The Morgan fingerprint density at radius 1 is 1.29 bits per heavy atom. The lowest BCUT2D eigenvalue weighted by Gasteiger charge is -2.36. The molecule has 0 aliphatic carbocycles. The number of methoxy groups -OCH3 is 1. The molecule has 3 rings (SSSR count). The van der Waals surface area contributed by atoms with Gasteiger partial charge in [0.2, 0.25) is 0 Å². The van der Waals surface area contributed by atoms with Crippen molar-refractivity contribution in [1.29, 1.82) is 0 Å². The molecule has 5 heteroatoms. The van der Waals surface area contributed by atoms with Gasteiger partial charge in [0.15, 0.2) is 0 Å². The Bertz CT molecular complexity index is 717. The summed E-state index contributed by atoms with van der Waals surface area (Å²) < 4.78 is 5.28. The van der Waals surface area contributed by atoms with Gasteiger partial charge in [-0.25, -0.2) is 4.79 Å². The number of urea groups is 1. The predicted octanol–water partition coefficient (Wildman–Crippen LogP) is 3.14. The van der Waals surface area contributed by atoms with Crippen molar-refractivity contribution in [2.24, 2.45) is 0 Å². The molecule has 2 aromatic rings. The standard InChI is InChI=1S/C19H23N3O2/c1-3-16-11-14-7-4-5-8-15(14)13-22(16)19(23)21-12-17-18(24-2)9-6-10-20-17/h4-10,16H,3,11-13H2,1-2H3,(H,21,23). The van der Waals surface area contributed by atoms with Crippen molar-refractivity contribution in [3.63, 3.8) is 0 Å². The Kier molecular flexibility index (Phi) is 4.99. The summed E-state index contributed by atoms with van der Waals surface area (Å²) in [7, 11) is 1.61. The molecule has 1 aromatic heterocycles. The topological polar surface area (TPSA) is 54.5 Å². The first-order valence-electron chi connectivity index (χ1n) is 8.32. The van der Waals surface area contributed by atoms with Crippen LogP contribution in [0.4, 0.5) is 4.79 Å². The third kappa shape index (κ3) is 3.35. The van der Waals surface area contributed by atoms with E-state index in [1.165, 1.54) is 11.1 Å². The molecule has 1 N–H and O–H groups in total. The van der Waals surface area contributed by atoms with E-state index in [2.05, 4.69) is 35.4 Å². The number of nitrogens with zero attached hydrogens (tertiary/aromatic N) is 2. The first-order chi connectivity index (χ1) is 11.7. The van der Waals surface area contributed by atoms with Crippen LogP contribution < -0.4 is 10.1 Å². The van der Waals surface area contributed by atoms with Gasteiger partial charge in [0, 0.05) is 18.8 Å². The second-order valence-corrected chi connectivity index (χ2v) is 5.97. The highest BCUT2D eigenvalue weighted by Crippen LogP contribution is 2.25.